The fraction of sp³-hybridized carbons (Fsp3) is 0.316. The van der Waals surface area contributed by atoms with Gasteiger partial charge < -0.3 is 18.9 Å². The minimum atomic E-state index is -0.440. The van der Waals surface area contributed by atoms with Crippen molar-refractivity contribution in [1.82, 2.24) is 0 Å². The van der Waals surface area contributed by atoms with Crippen molar-refractivity contribution in [2.45, 2.75) is 65.2 Å². The quantitative estimate of drug-likeness (QED) is 0.0688. The van der Waals surface area contributed by atoms with E-state index in [2.05, 4.69) is 13.8 Å². The summed E-state index contributed by atoms with van der Waals surface area (Å²) in [6.07, 6.45) is 9.00. The Bertz CT molecular complexity index is 1350. The SMILES string of the molecule is CCCCCCOc1cccc(C(=O)Oc2ccc(-c3ccc(OC(=O)c4cccc(OCCCCCC)c4)cc3)cc2)c1. The van der Waals surface area contributed by atoms with Gasteiger partial charge in [-0.1, -0.05) is 88.8 Å². The molecule has 44 heavy (non-hydrogen) atoms. The Hall–Kier alpha value is -4.58. The van der Waals surface area contributed by atoms with Crippen LogP contribution in [0.15, 0.2) is 97.1 Å². The Morgan fingerprint density at radius 3 is 1.27 bits per heavy atom. The zero-order valence-electron chi connectivity index (χ0n) is 25.8. The second kappa shape index (κ2) is 17.5. The smallest absolute Gasteiger partial charge is 0.343 e. The van der Waals surface area contributed by atoms with Gasteiger partial charge in [-0.25, -0.2) is 9.59 Å². The maximum Gasteiger partial charge on any atom is 0.343 e. The lowest BCUT2D eigenvalue weighted by Crippen LogP contribution is -2.09. The fourth-order valence-corrected chi connectivity index (χ4v) is 4.63. The standard InChI is InChI=1S/C38H42O6/c1-3-5-7-9-25-41-35-15-11-13-31(27-35)37(39)43-33-21-17-29(18-22-33)30-19-23-34(24-20-30)44-38(40)32-14-12-16-36(28-32)42-26-10-8-6-4-2/h11-24,27-28H,3-10,25-26H2,1-2H3. The molecule has 6 nitrogen and oxygen atoms in total. The first-order valence-corrected chi connectivity index (χ1v) is 15.7. The minimum Gasteiger partial charge on any atom is -0.494 e. The van der Waals surface area contributed by atoms with E-state index in [0.29, 0.717) is 47.3 Å². The van der Waals surface area contributed by atoms with E-state index in [0.717, 1.165) is 36.8 Å². The summed E-state index contributed by atoms with van der Waals surface area (Å²) >= 11 is 0. The zero-order chi connectivity index (χ0) is 31.0. The number of hydrogen-bond acceptors (Lipinski definition) is 6. The molecule has 0 heterocycles. The summed E-state index contributed by atoms with van der Waals surface area (Å²) in [7, 11) is 0. The molecule has 0 atom stereocenters. The van der Waals surface area contributed by atoms with Crippen LogP contribution in [0.3, 0.4) is 0 Å². The summed E-state index contributed by atoms with van der Waals surface area (Å²) in [4.78, 5) is 25.5. The largest absolute Gasteiger partial charge is 0.494 e. The van der Waals surface area contributed by atoms with Crippen LogP contribution in [0.5, 0.6) is 23.0 Å². The predicted octanol–water partition coefficient (Wildman–Crippen LogP) is 9.71. The van der Waals surface area contributed by atoms with Gasteiger partial charge in [0.25, 0.3) is 0 Å². The van der Waals surface area contributed by atoms with Gasteiger partial charge >= 0.3 is 11.9 Å². The number of ether oxygens (including phenoxy) is 4. The van der Waals surface area contributed by atoms with E-state index in [9.17, 15) is 9.59 Å². The lowest BCUT2D eigenvalue weighted by atomic mass is 10.1. The molecule has 0 amide bonds. The molecule has 4 aromatic carbocycles. The third-order valence-corrected chi connectivity index (χ3v) is 7.14. The van der Waals surface area contributed by atoms with Gasteiger partial charge in [0.1, 0.15) is 23.0 Å². The molecule has 0 bridgehead atoms. The highest BCUT2D eigenvalue weighted by atomic mass is 16.5. The molecule has 0 fully saturated rings. The lowest BCUT2D eigenvalue weighted by Gasteiger charge is -2.10. The van der Waals surface area contributed by atoms with Crippen LogP contribution < -0.4 is 18.9 Å². The fourth-order valence-electron chi connectivity index (χ4n) is 4.63. The maximum atomic E-state index is 12.7. The zero-order valence-corrected chi connectivity index (χ0v) is 25.8. The second-order valence-electron chi connectivity index (χ2n) is 10.7. The second-order valence-corrected chi connectivity index (χ2v) is 10.7. The van der Waals surface area contributed by atoms with Gasteiger partial charge in [0.05, 0.1) is 24.3 Å². The summed E-state index contributed by atoms with van der Waals surface area (Å²) < 4.78 is 22.8. The van der Waals surface area contributed by atoms with Gasteiger partial charge in [0, 0.05) is 0 Å². The minimum absolute atomic E-state index is 0.437. The van der Waals surface area contributed by atoms with Crippen LogP contribution in [0.2, 0.25) is 0 Å². The van der Waals surface area contributed by atoms with Gasteiger partial charge in [-0.05, 0) is 84.6 Å². The summed E-state index contributed by atoms with van der Waals surface area (Å²) in [6, 6.07) is 28.7. The highest BCUT2D eigenvalue weighted by Gasteiger charge is 2.12. The van der Waals surface area contributed by atoms with Crippen molar-refractivity contribution in [2.75, 3.05) is 13.2 Å². The molecule has 230 valence electrons. The maximum absolute atomic E-state index is 12.7. The molecular weight excluding hydrogens is 552 g/mol. The van der Waals surface area contributed by atoms with E-state index in [-0.39, 0.29) is 0 Å². The molecule has 0 spiro atoms. The van der Waals surface area contributed by atoms with Crippen molar-refractivity contribution >= 4 is 11.9 Å². The summed E-state index contributed by atoms with van der Waals surface area (Å²) in [6.45, 7) is 5.61. The van der Waals surface area contributed by atoms with Crippen LogP contribution in [0.25, 0.3) is 11.1 Å². The van der Waals surface area contributed by atoms with Gasteiger partial charge in [-0.3, -0.25) is 0 Å². The molecule has 0 aromatic heterocycles. The van der Waals surface area contributed by atoms with E-state index >= 15 is 0 Å². The van der Waals surface area contributed by atoms with Gasteiger partial charge in [0.2, 0.25) is 0 Å². The summed E-state index contributed by atoms with van der Waals surface area (Å²) in [5.74, 6) is 1.34. The number of unbranched alkanes of at least 4 members (excludes halogenated alkanes) is 6. The molecule has 0 aliphatic carbocycles. The van der Waals surface area contributed by atoms with Crippen molar-refractivity contribution in [3.8, 4) is 34.1 Å². The van der Waals surface area contributed by atoms with Crippen LogP contribution in [0.4, 0.5) is 0 Å². The lowest BCUT2D eigenvalue weighted by molar-refractivity contribution is 0.0724. The van der Waals surface area contributed by atoms with Crippen LogP contribution in [-0.4, -0.2) is 25.2 Å². The number of carbonyl (C=O) groups excluding carboxylic acids is 2. The number of hydrogen-bond donors (Lipinski definition) is 0. The first-order chi connectivity index (χ1) is 21.6. The molecule has 0 saturated heterocycles. The van der Waals surface area contributed by atoms with Crippen molar-refractivity contribution in [3.05, 3.63) is 108 Å². The van der Waals surface area contributed by atoms with E-state index < -0.39 is 11.9 Å². The third-order valence-electron chi connectivity index (χ3n) is 7.14. The molecule has 0 aliphatic heterocycles. The van der Waals surface area contributed by atoms with Crippen LogP contribution >= 0.6 is 0 Å². The van der Waals surface area contributed by atoms with E-state index in [1.54, 1.807) is 60.7 Å². The predicted molar refractivity (Wildman–Crippen MR) is 174 cm³/mol. The number of rotatable bonds is 17. The normalized spacial score (nSPS) is 10.7. The molecule has 4 aromatic rings. The Balaban J connectivity index is 1.28. The van der Waals surface area contributed by atoms with E-state index in [1.807, 2.05) is 36.4 Å². The monoisotopic (exact) mass is 594 g/mol. The van der Waals surface area contributed by atoms with Crippen LogP contribution in [-0.2, 0) is 0 Å². The number of carbonyl (C=O) groups is 2. The highest BCUT2D eigenvalue weighted by molar-refractivity contribution is 5.92. The molecule has 0 radical (unpaired) electrons. The molecular formula is C38H42O6. The van der Waals surface area contributed by atoms with Gasteiger partial charge in [-0.2, -0.15) is 0 Å². The van der Waals surface area contributed by atoms with Crippen molar-refractivity contribution in [3.63, 3.8) is 0 Å². The first kappa shape index (κ1) is 32.3. The van der Waals surface area contributed by atoms with Crippen molar-refractivity contribution in [1.29, 1.82) is 0 Å². The molecule has 4 rings (SSSR count). The Kier molecular flexibility index (Phi) is 12.9. The van der Waals surface area contributed by atoms with Crippen molar-refractivity contribution < 1.29 is 28.5 Å². The number of benzene rings is 4. The van der Waals surface area contributed by atoms with Gasteiger partial charge in [0.15, 0.2) is 0 Å². The first-order valence-electron chi connectivity index (χ1n) is 15.7. The van der Waals surface area contributed by atoms with E-state index in [4.69, 9.17) is 18.9 Å². The van der Waals surface area contributed by atoms with Gasteiger partial charge in [-0.15, -0.1) is 0 Å². The molecule has 0 aliphatic rings. The Morgan fingerprint density at radius 1 is 0.477 bits per heavy atom. The third kappa shape index (κ3) is 10.3. The highest BCUT2D eigenvalue weighted by Crippen LogP contribution is 2.26. The van der Waals surface area contributed by atoms with Crippen molar-refractivity contribution in [2.24, 2.45) is 0 Å². The number of esters is 2. The average molecular weight is 595 g/mol. The summed E-state index contributed by atoms with van der Waals surface area (Å²) in [5, 5.41) is 0. The Labute approximate surface area is 260 Å². The molecule has 0 unspecified atom stereocenters. The van der Waals surface area contributed by atoms with E-state index in [1.165, 1.54) is 25.7 Å². The Morgan fingerprint density at radius 2 is 0.886 bits per heavy atom. The molecule has 0 N–H and O–H groups in total. The van der Waals surface area contributed by atoms with Crippen LogP contribution in [0, 0.1) is 0 Å². The average Bonchev–Trinajstić information content (AvgIpc) is 3.05. The molecule has 0 saturated carbocycles. The van der Waals surface area contributed by atoms with Crippen LogP contribution in [0.1, 0.15) is 85.9 Å². The topological polar surface area (TPSA) is 71.1 Å². The summed E-state index contributed by atoms with van der Waals surface area (Å²) in [5.41, 5.74) is 2.74. The molecule has 6 heteroatoms.